The molecule has 0 aliphatic carbocycles. The molecule has 1 atom stereocenters. The monoisotopic (exact) mass is 271 g/mol. The van der Waals surface area contributed by atoms with E-state index < -0.39 is 0 Å². The summed E-state index contributed by atoms with van der Waals surface area (Å²) in [6, 6.07) is 8.28. The van der Waals surface area contributed by atoms with Crippen molar-refractivity contribution in [1.82, 2.24) is 4.90 Å². The number of carbonyl (C=O) groups excluding carboxylic acids is 1. The molecule has 3 nitrogen and oxygen atoms in total. The van der Waals surface area contributed by atoms with Crippen molar-refractivity contribution in [3.63, 3.8) is 0 Å². The molecule has 2 heterocycles. The van der Waals surface area contributed by atoms with Gasteiger partial charge in [-0.1, -0.05) is 19.1 Å². The highest BCUT2D eigenvalue weighted by Crippen LogP contribution is 2.25. The van der Waals surface area contributed by atoms with Crippen molar-refractivity contribution in [3.05, 3.63) is 35.6 Å². The van der Waals surface area contributed by atoms with Gasteiger partial charge < -0.3 is 9.32 Å². The van der Waals surface area contributed by atoms with Gasteiger partial charge in [0.15, 0.2) is 5.76 Å². The Morgan fingerprint density at radius 3 is 3.00 bits per heavy atom. The minimum atomic E-state index is 0.0467. The minimum absolute atomic E-state index is 0.0467. The van der Waals surface area contributed by atoms with Gasteiger partial charge in [-0.05, 0) is 50.3 Å². The lowest BCUT2D eigenvalue weighted by Crippen LogP contribution is -2.43. The summed E-state index contributed by atoms with van der Waals surface area (Å²) >= 11 is 0. The fraction of sp³-hybridized carbons (Fsp3) is 0.471. The van der Waals surface area contributed by atoms with E-state index in [1.807, 2.05) is 36.1 Å². The fourth-order valence-corrected chi connectivity index (χ4v) is 3.08. The molecule has 3 heteroatoms. The number of rotatable bonds is 2. The maximum atomic E-state index is 12.7. The maximum absolute atomic E-state index is 12.7. The van der Waals surface area contributed by atoms with Gasteiger partial charge in [0.25, 0.3) is 5.91 Å². The van der Waals surface area contributed by atoms with Crippen LogP contribution in [-0.4, -0.2) is 23.4 Å². The van der Waals surface area contributed by atoms with Gasteiger partial charge in [0.2, 0.25) is 0 Å². The lowest BCUT2D eigenvalue weighted by molar-refractivity contribution is 0.0578. The quantitative estimate of drug-likeness (QED) is 0.822. The van der Waals surface area contributed by atoms with Crippen molar-refractivity contribution in [1.29, 1.82) is 0 Å². The average Bonchev–Trinajstić information content (AvgIpc) is 2.89. The number of carbonyl (C=O) groups is 1. The van der Waals surface area contributed by atoms with Crippen molar-refractivity contribution in [3.8, 4) is 0 Å². The molecular weight excluding hydrogens is 250 g/mol. The molecule has 1 fully saturated rings. The number of hydrogen-bond donors (Lipinski definition) is 0. The van der Waals surface area contributed by atoms with E-state index in [9.17, 15) is 4.79 Å². The summed E-state index contributed by atoms with van der Waals surface area (Å²) in [5.74, 6) is 0.524. The van der Waals surface area contributed by atoms with Crippen LogP contribution in [0.2, 0.25) is 0 Å². The first-order valence-electron chi connectivity index (χ1n) is 7.50. The van der Waals surface area contributed by atoms with E-state index in [2.05, 4.69) is 6.92 Å². The number of benzene rings is 1. The first kappa shape index (κ1) is 13.2. The van der Waals surface area contributed by atoms with Crippen molar-refractivity contribution < 1.29 is 9.21 Å². The zero-order chi connectivity index (χ0) is 14.1. The van der Waals surface area contributed by atoms with Gasteiger partial charge in [-0.25, -0.2) is 0 Å². The smallest absolute Gasteiger partial charge is 0.289 e. The molecule has 1 saturated heterocycles. The number of aryl methyl sites for hydroxylation is 1. The molecule has 1 unspecified atom stereocenters. The van der Waals surface area contributed by atoms with Crippen LogP contribution < -0.4 is 0 Å². The number of hydrogen-bond acceptors (Lipinski definition) is 2. The molecule has 0 N–H and O–H groups in total. The molecule has 3 rings (SSSR count). The average molecular weight is 271 g/mol. The SMILES string of the molecule is CCC1CCCCN1C(=O)c1cc2ccc(C)cc2o1. The molecule has 1 amide bonds. The lowest BCUT2D eigenvalue weighted by Gasteiger charge is -2.34. The summed E-state index contributed by atoms with van der Waals surface area (Å²) < 4.78 is 5.77. The Kier molecular flexibility index (Phi) is 3.51. The zero-order valence-electron chi connectivity index (χ0n) is 12.2. The first-order chi connectivity index (χ1) is 9.69. The Morgan fingerprint density at radius 2 is 2.20 bits per heavy atom. The van der Waals surface area contributed by atoms with E-state index in [4.69, 9.17) is 4.42 Å². The molecule has 20 heavy (non-hydrogen) atoms. The van der Waals surface area contributed by atoms with Crippen molar-refractivity contribution in [2.45, 2.75) is 45.6 Å². The number of nitrogens with zero attached hydrogens (tertiary/aromatic N) is 1. The number of piperidine rings is 1. The zero-order valence-corrected chi connectivity index (χ0v) is 12.2. The summed E-state index contributed by atoms with van der Waals surface area (Å²) in [6.45, 7) is 5.03. The summed E-state index contributed by atoms with van der Waals surface area (Å²) in [5, 5.41) is 1.00. The second-order valence-electron chi connectivity index (χ2n) is 5.71. The van der Waals surface area contributed by atoms with Crippen LogP contribution in [0, 0.1) is 6.92 Å². The van der Waals surface area contributed by atoms with Crippen molar-refractivity contribution in [2.24, 2.45) is 0 Å². The second-order valence-corrected chi connectivity index (χ2v) is 5.71. The maximum Gasteiger partial charge on any atom is 0.289 e. The van der Waals surface area contributed by atoms with E-state index >= 15 is 0 Å². The predicted octanol–water partition coefficient (Wildman–Crippen LogP) is 4.15. The van der Waals surface area contributed by atoms with Crippen LogP contribution in [0.25, 0.3) is 11.0 Å². The number of amides is 1. The number of furan rings is 1. The molecule has 0 radical (unpaired) electrons. The van der Waals surface area contributed by atoms with Gasteiger partial charge in [-0.3, -0.25) is 4.79 Å². The Balaban J connectivity index is 1.91. The Bertz CT molecular complexity index is 629. The highest BCUT2D eigenvalue weighted by atomic mass is 16.3. The number of fused-ring (bicyclic) bond motifs is 1. The molecule has 1 aliphatic heterocycles. The molecular formula is C17H21NO2. The standard InChI is InChI=1S/C17H21NO2/c1-3-14-6-4-5-9-18(14)17(19)16-11-13-8-7-12(2)10-15(13)20-16/h7-8,10-11,14H,3-6,9H2,1-2H3. The van der Waals surface area contributed by atoms with Crippen LogP contribution in [0.5, 0.6) is 0 Å². The second kappa shape index (κ2) is 5.31. The Labute approximate surface area is 119 Å². The van der Waals surface area contributed by atoms with E-state index in [0.29, 0.717) is 11.8 Å². The third-order valence-electron chi connectivity index (χ3n) is 4.25. The van der Waals surface area contributed by atoms with Crippen LogP contribution in [-0.2, 0) is 0 Å². The highest BCUT2D eigenvalue weighted by molar-refractivity contribution is 5.96. The van der Waals surface area contributed by atoms with Crippen molar-refractivity contribution >= 4 is 16.9 Å². The van der Waals surface area contributed by atoms with Gasteiger partial charge in [0.1, 0.15) is 5.58 Å². The van der Waals surface area contributed by atoms with Gasteiger partial charge in [0, 0.05) is 18.0 Å². The molecule has 0 spiro atoms. The molecule has 1 aliphatic rings. The number of likely N-dealkylation sites (tertiary alicyclic amines) is 1. The first-order valence-corrected chi connectivity index (χ1v) is 7.50. The van der Waals surface area contributed by atoms with Crippen LogP contribution in [0.3, 0.4) is 0 Å². The molecule has 0 saturated carbocycles. The molecule has 0 bridgehead atoms. The Hall–Kier alpha value is -1.77. The van der Waals surface area contributed by atoms with Gasteiger partial charge in [-0.2, -0.15) is 0 Å². The highest BCUT2D eigenvalue weighted by Gasteiger charge is 2.28. The van der Waals surface area contributed by atoms with Gasteiger partial charge in [-0.15, -0.1) is 0 Å². The topological polar surface area (TPSA) is 33.5 Å². The Morgan fingerprint density at radius 1 is 1.35 bits per heavy atom. The third-order valence-corrected chi connectivity index (χ3v) is 4.25. The van der Waals surface area contributed by atoms with Crippen LogP contribution >= 0.6 is 0 Å². The van der Waals surface area contributed by atoms with E-state index in [1.54, 1.807) is 0 Å². The van der Waals surface area contributed by atoms with Crippen LogP contribution in [0.1, 0.15) is 48.7 Å². The molecule has 106 valence electrons. The summed E-state index contributed by atoms with van der Waals surface area (Å²) in [7, 11) is 0. The summed E-state index contributed by atoms with van der Waals surface area (Å²) in [5.41, 5.74) is 1.95. The van der Waals surface area contributed by atoms with E-state index in [1.165, 1.54) is 6.42 Å². The van der Waals surface area contributed by atoms with E-state index in [-0.39, 0.29) is 5.91 Å². The predicted molar refractivity (Wildman–Crippen MR) is 79.9 cm³/mol. The third kappa shape index (κ3) is 2.33. The summed E-state index contributed by atoms with van der Waals surface area (Å²) in [4.78, 5) is 14.6. The molecule has 2 aromatic rings. The fourth-order valence-electron chi connectivity index (χ4n) is 3.08. The normalized spacial score (nSPS) is 19.5. The van der Waals surface area contributed by atoms with Crippen LogP contribution in [0.4, 0.5) is 0 Å². The minimum Gasteiger partial charge on any atom is -0.451 e. The lowest BCUT2D eigenvalue weighted by atomic mass is 10.00. The van der Waals surface area contributed by atoms with E-state index in [0.717, 1.165) is 42.3 Å². The summed E-state index contributed by atoms with van der Waals surface area (Å²) in [6.07, 6.45) is 4.45. The van der Waals surface area contributed by atoms with Crippen LogP contribution in [0.15, 0.2) is 28.7 Å². The largest absolute Gasteiger partial charge is 0.451 e. The van der Waals surface area contributed by atoms with Gasteiger partial charge >= 0.3 is 0 Å². The molecule has 1 aromatic carbocycles. The van der Waals surface area contributed by atoms with Crippen molar-refractivity contribution in [2.75, 3.05) is 6.54 Å². The van der Waals surface area contributed by atoms with Gasteiger partial charge in [0.05, 0.1) is 0 Å². The molecule has 1 aromatic heterocycles.